The number of carbonyl (C=O) groups excluding carboxylic acids is 1. The Morgan fingerprint density at radius 1 is 1.21 bits per heavy atom. The number of hydrogen-bond donors (Lipinski definition) is 2. The van der Waals surface area contributed by atoms with Gasteiger partial charge in [-0.05, 0) is 43.4 Å². The Morgan fingerprint density at radius 2 is 1.93 bits per heavy atom. The number of nitrogens with zero attached hydrogens (tertiary/aromatic N) is 2. The molecule has 156 valence electrons. The summed E-state index contributed by atoms with van der Waals surface area (Å²) in [6, 6.07) is 7.95. The Hall–Kier alpha value is -2.12. The van der Waals surface area contributed by atoms with Gasteiger partial charge < -0.3 is 25.0 Å². The van der Waals surface area contributed by atoms with E-state index in [4.69, 9.17) is 9.47 Å². The second-order valence-electron chi connectivity index (χ2n) is 7.01. The first-order valence-electron chi connectivity index (χ1n) is 10.0. The van der Waals surface area contributed by atoms with E-state index in [1.165, 1.54) is 12.5 Å². The lowest BCUT2D eigenvalue weighted by Crippen LogP contribution is -2.47. The van der Waals surface area contributed by atoms with E-state index in [1.807, 2.05) is 31.3 Å². The highest BCUT2D eigenvalue weighted by molar-refractivity contribution is 5.88. The van der Waals surface area contributed by atoms with E-state index in [-0.39, 0.29) is 5.91 Å². The summed E-state index contributed by atoms with van der Waals surface area (Å²) >= 11 is 0. The van der Waals surface area contributed by atoms with E-state index in [9.17, 15) is 4.79 Å². The van der Waals surface area contributed by atoms with Crippen LogP contribution >= 0.6 is 0 Å². The Labute approximate surface area is 168 Å². The SMILES string of the molecule is CN=C(NCCc1ccc(NC(C)=O)cc1)N1CCC(OCCCOC)CC1. The summed E-state index contributed by atoms with van der Waals surface area (Å²) in [5.41, 5.74) is 2.05. The first kappa shape index (κ1) is 22.2. The first-order valence-corrected chi connectivity index (χ1v) is 10.0. The molecular formula is C21H34N4O3. The van der Waals surface area contributed by atoms with Crippen LogP contribution in [0.4, 0.5) is 5.69 Å². The van der Waals surface area contributed by atoms with Crippen LogP contribution in [0.2, 0.25) is 0 Å². The van der Waals surface area contributed by atoms with Gasteiger partial charge >= 0.3 is 0 Å². The van der Waals surface area contributed by atoms with E-state index < -0.39 is 0 Å². The van der Waals surface area contributed by atoms with Crippen molar-refractivity contribution in [3.63, 3.8) is 0 Å². The summed E-state index contributed by atoms with van der Waals surface area (Å²) in [5, 5.41) is 6.24. The van der Waals surface area contributed by atoms with Gasteiger partial charge in [-0.1, -0.05) is 12.1 Å². The minimum absolute atomic E-state index is 0.0534. The molecule has 0 saturated carbocycles. The number of hydrogen-bond acceptors (Lipinski definition) is 4. The van der Waals surface area contributed by atoms with Crippen molar-refractivity contribution in [3.8, 4) is 0 Å². The summed E-state index contributed by atoms with van der Waals surface area (Å²) in [4.78, 5) is 17.8. The summed E-state index contributed by atoms with van der Waals surface area (Å²) in [6.45, 7) is 5.77. The lowest BCUT2D eigenvalue weighted by Gasteiger charge is -2.34. The van der Waals surface area contributed by atoms with E-state index >= 15 is 0 Å². The van der Waals surface area contributed by atoms with Gasteiger partial charge in [0.25, 0.3) is 0 Å². The molecule has 7 nitrogen and oxygen atoms in total. The van der Waals surface area contributed by atoms with Crippen molar-refractivity contribution in [1.82, 2.24) is 10.2 Å². The number of anilines is 1. The van der Waals surface area contributed by atoms with Crippen LogP contribution in [0.25, 0.3) is 0 Å². The van der Waals surface area contributed by atoms with Crippen molar-refractivity contribution in [2.24, 2.45) is 4.99 Å². The number of rotatable bonds is 9. The lowest BCUT2D eigenvalue weighted by molar-refractivity contribution is -0.114. The number of piperidine rings is 1. The molecule has 1 aromatic rings. The molecule has 0 unspecified atom stereocenters. The topological polar surface area (TPSA) is 75.2 Å². The molecule has 28 heavy (non-hydrogen) atoms. The maximum Gasteiger partial charge on any atom is 0.221 e. The Morgan fingerprint density at radius 3 is 2.54 bits per heavy atom. The third-order valence-electron chi connectivity index (χ3n) is 4.77. The van der Waals surface area contributed by atoms with Gasteiger partial charge in [0.15, 0.2) is 5.96 Å². The number of ether oxygens (including phenoxy) is 2. The van der Waals surface area contributed by atoms with Crippen LogP contribution in [0.3, 0.4) is 0 Å². The molecule has 0 bridgehead atoms. The molecule has 0 aromatic heterocycles. The fraction of sp³-hybridized carbons (Fsp3) is 0.619. The third kappa shape index (κ3) is 7.86. The van der Waals surface area contributed by atoms with E-state index in [0.29, 0.717) is 6.10 Å². The van der Waals surface area contributed by atoms with Gasteiger partial charge in [-0.25, -0.2) is 0 Å². The number of aliphatic imine (C=N–C) groups is 1. The number of carbonyl (C=O) groups is 1. The molecule has 0 radical (unpaired) electrons. The molecule has 2 N–H and O–H groups in total. The quantitative estimate of drug-likeness (QED) is 0.384. The molecule has 1 aromatic carbocycles. The normalized spacial score (nSPS) is 15.5. The first-order chi connectivity index (χ1) is 13.6. The highest BCUT2D eigenvalue weighted by atomic mass is 16.5. The third-order valence-corrected chi connectivity index (χ3v) is 4.77. The van der Waals surface area contributed by atoms with Gasteiger partial charge in [-0.3, -0.25) is 9.79 Å². The number of methoxy groups -OCH3 is 1. The van der Waals surface area contributed by atoms with Crippen molar-refractivity contribution in [2.45, 2.75) is 38.7 Å². The molecule has 1 aliphatic rings. The van der Waals surface area contributed by atoms with Crippen LogP contribution in [0, 0.1) is 0 Å². The lowest BCUT2D eigenvalue weighted by atomic mass is 10.1. The zero-order valence-corrected chi connectivity index (χ0v) is 17.4. The van der Waals surface area contributed by atoms with Crippen molar-refractivity contribution in [1.29, 1.82) is 0 Å². The minimum Gasteiger partial charge on any atom is -0.385 e. The van der Waals surface area contributed by atoms with E-state index in [0.717, 1.165) is 70.2 Å². The Balaban J connectivity index is 1.68. The van der Waals surface area contributed by atoms with Crippen LogP contribution in [0.1, 0.15) is 31.7 Å². The van der Waals surface area contributed by atoms with Crippen LogP contribution in [-0.2, 0) is 20.7 Å². The molecule has 7 heteroatoms. The van der Waals surface area contributed by atoms with E-state index in [1.54, 1.807) is 7.11 Å². The highest BCUT2D eigenvalue weighted by Gasteiger charge is 2.21. The molecule has 1 saturated heterocycles. The van der Waals surface area contributed by atoms with Crippen molar-refractivity contribution in [3.05, 3.63) is 29.8 Å². The minimum atomic E-state index is -0.0534. The highest BCUT2D eigenvalue weighted by Crippen LogP contribution is 2.14. The molecule has 0 atom stereocenters. The summed E-state index contributed by atoms with van der Waals surface area (Å²) < 4.78 is 11.0. The average Bonchev–Trinajstić information content (AvgIpc) is 2.70. The zero-order valence-electron chi connectivity index (χ0n) is 17.4. The van der Waals surface area contributed by atoms with Gasteiger partial charge in [-0.15, -0.1) is 0 Å². The van der Waals surface area contributed by atoms with Gasteiger partial charge in [0.1, 0.15) is 0 Å². The summed E-state index contributed by atoms with van der Waals surface area (Å²) in [5.74, 6) is 0.898. The monoisotopic (exact) mass is 390 g/mol. The molecule has 1 heterocycles. The molecule has 0 aliphatic carbocycles. The number of amides is 1. The van der Waals surface area contributed by atoms with Gasteiger partial charge in [0, 0.05) is 59.6 Å². The number of nitrogens with one attached hydrogen (secondary N) is 2. The van der Waals surface area contributed by atoms with Crippen molar-refractivity contribution in [2.75, 3.05) is 52.3 Å². The smallest absolute Gasteiger partial charge is 0.221 e. The standard InChI is InChI=1S/C21H34N4O3/c1-17(26)24-19-7-5-18(6-8-19)9-12-23-21(22-2)25-13-10-20(11-14-25)28-16-4-15-27-3/h5-8,20H,4,9-16H2,1-3H3,(H,22,23)(H,24,26). The molecule has 1 fully saturated rings. The molecule has 1 aliphatic heterocycles. The van der Waals surface area contributed by atoms with Crippen LogP contribution in [-0.4, -0.2) is 69.9 Å². The largest absolute Gasteiger partial charge is 0.385 e. The zero-order chi connectivity index (χ0) is 20.2. The second-order valence-corrected chi connectivity index (χ2v) is 7.01. The summed E-state index contributed by atoms with van der Waals surface area (Å²) in [6.07, 6.45) is 4.24. The fourth-order valence-electron chi connectivity index (χ4n) is 3.30. The maximum absolute atomic E-state index is 11.1. The van der Waals surface area contributed by atoms with Gasteiger partial charge in [0.2, 0.25) is 5.91 Å². The molecule has 2 rings (SSSR count). The average molecular weight is 391 g/mol. The number of benzene rings is 1. The molecule has 0 spiro atoms. The number of guanidine groups is 1. The Bertz CT molecular complexity index is 611. The van der Waals surface area contributed by atoms with E-state index in [2.05, 4.69) is 20.5 Å². The summed E-state index contributed by atoms with van der Waals surface area (Å²) in [7, 11) is 3.55. The Kier molecular flexibility index (Phi) is 9.79. The van der Waals surface area contributed by atoms with Crippen LogP contribution < -0.4 is 10.6 Å². The molecular weight excluding hydrogens is 356 g/mol. The van der Waals surface area contributed by atoms with Crippen LogP contribution in [0.5, 0.6) is 0 Å². The predicted octanol–water partition coefficient (Wildman–Crippen LogP) is 2.28. The fourth-order valence-corrected chi connectivity index (χ4v) is 3.30. The van der Waals surface area contributed by atoms with Gasteiger partial charge in [0.05, 0.1) is 6.10 Å². The van der Waals surface area contributed by atoms with Gasteiger partial charge in [-0.2, -0.15) is 0 Å². The number of likely N-dealkylation sites (tertiary alicyclic amines) is 1. The van der Waals surface area contributed by atoms with Crippen molar-refractivity contribution >= 4 is 17.6 Å². The maximum atomic E-state index is 11.1. The molecule has 1 amide bonds. The predicted molar refractivity (Wildman–Crippen MR) is 113 cm³/mol. The second kappa shape index (κ2) is 12.4. The van der Waals surface area contributed by atoms with Crippen molar-refractivity contribution < 1.29 is 14.3 Å². The van der Waals surface area contributed by atoms with Crippen LogP contribution in [0.15, 0.2) is 29.3 Å².